The number of pyridine rings is 2. The molecule has 0 saturated carbocycles. The molecule has 0 aliphatic carbocycles. The van der Waals surface area contributed by atoms with Gasteiger partial charge in [0, 0.05) is 17.3 Å². The van der Waals surface area contributed by atoms with Crippen LogP contribution in [0.15, 0.2) is 42.6 Å². The van der Waals surface area contributed by atoms with E-state index < -0.39 is 5.82 Å². The highest BCUT2D eigenvalue weighted by molar-refractivity contribution is 5.84. The zero-order chi connectivity index (χ0) is 20.0. The molecule has 142 valence electrons. The Hall–Kier alpha value is -3.21. The molecule has 0 N–H and O–H groups in total. The number of hydrogen-bond donors (Lipinski definition) is 0. The summed E-state index contributed by atoms with van der Waals surface area (Å²) in [5.41, 5.74) is 8.02. The molecule has 0 aliphatic heterocycles. The first-order valence-electron chi connectivity index (χ1n) is 9.17. The lowest BCUT2D eigenvalue weighted by Crippen LogP contribution is -1.99. The third-order valence-electron chi connectivity index (χ3n) is 4.96. The van der Waals surface area contributed by atoms with Crippen molar-refractivity contribution in [3.05, 3.63) is 70.8 Å². The van der Waals surface area contributed by atoms with Crippen molar-refractivity contribution in [2.45, 2.75) is 27.7 Å². The zero-order valence-electron chi connectivity index (χ0n) is 16.7. The summed E-state index contributed by atoms with van der Waals surface area (Å²) in [4.78, 5) is 4.66. The molecular weight excluding hydrogens is 353 g/mol. The number of halogens is 1. The van der Waals surface area contributed by atoms with Crippen molar-refractivity contribution >= 4 is 5.52 Å². The van der Waals surface area contributed by atoms with Gasteiger partial charge in [0.2, 0.25) is 0 Å². The lowest BCUT2D eigenvalue weighted by atomic mass is 10.0. The topological polar surface area (TPSA) is 39.4 Å². The molecule has 4 aromatic rings. The zero-order valence-corrected chi connectivity index (χ0v) is 16.7. The summed E-state index contributed by atoms with van der Waals surface area (Å²) in [6, 6.07) is 11.3. The van der Waals surface area contributed by atoms with Crippen LogP contribution in [0.1, 0.15) is 22.4 Å². The van der Waals surface area contributed by atoms with Gasteiger partial charge in [0.05, 0.1) is 29.7 Å². The molecule has 0 fully saturated rings. The van der Waals surface area contributed by atoms with Gasteiger partial charge in [-0.15, -0.1) is 0 Å². The van der Waals surface area contributed by atoms with E-state index in [-0.39, 0.29) is 5.75 Å². The molecule has 4 rings (SSSR count). The van der Waals surface area contributed by atoms with E-state index in [0.717, 1.165) is 39.2 Å². The lowest BCUT2D eigenvalue weighted by molar-refractivity contribution is 0.387. The Morgan fingerprint density at radius 2 is 1.79 bits per heavy atom. The molecule has 0 unspecified atom stereocenters. The highest BCUT2D eigenvalue weighted by Crippen LogP contribution is 2.35. The number of nitrogens with zero attached hydrogens (tertiary/aromatic N) is 3. The van der Waals surface area contributed by atoms with Gasteiger partial charge >= 0.3 is 0 Å². The smallest absolute Gasteiger partial charge is 0.174 e. The number of benzene rings is 1. The number of aromatic nitrogens is 3. The summed E-state index contributed by atoms with van der Waals surface area (Å²) >= 11 is 0. The van der Waals surface area contributed by atoms with Crippen molar-refractivity contribution in [3.8, 4) is 28.3 Å². The van der Waals surface area contributed by atoms with Crippen LogP contribution in [-0.4, -0.2) is 21.7 Å². The summed E-state index contributed by atoms with van der Waals surface area (Å²) in [7, 11) is 1.47. The largest absolute Gasteiger partial charge is 0.494 e. The molecule has 5 heteroatoms. The van der Waals surface area contributed by atoms with Crippen LogP contribution in [0.2, 0.25) is 0 Å². The predicted octanol–water partition coefficient (Wildman–Crippen LogP) is 5.44. The normalized spacial score (nSPS) is 11.2. The number of rotatable bonds is 3. The van der Waals surface area contributed by atoms with Crippen molar-refractivity contribution in [1.82, 2.24) is 14.6 Å². The van der Waals surface area contributed by atoms with Gasteiger partial charge in [-0.05, 0) is 68.7 Å². The fraction of sp³-hybridized carbons (Fsp3) is 0.217. The average molecular weight is 375 g/mol. The van der Waals surface area contributed by atoms with Gasteiger partial charge in [-0.1, -0.05) is 12.1 Å². The van der Waals surface area contributed by atoms with Gasteiger partial charge in [0.1, 0.15) is 0 Å². The van der Waals surface area contributed by atoms with Crippen LogP contribution in [0, 0.1) is 33.5 Å². The molecule has 0 atom stereocenters. The molecule has 28 heavy (non-hydrogen) atoms. The SMILES string of the molecule is COc1cccc(-c2cc(C)cc3c(-c4ncc(C)cc4C)c(C)nn23)c1F. The standard InChI is InChI=1S/C23H22FN3O/c1-13-10-18(17-7-6-8-20(28-5)22(17)24)27-19(11-13)21(16(4)26-27)23-15(3)9-14(2)12-25-23/h6-12H,1-5H3. The Morgan fingerprint density at radius 3 is 2.50 bits per heavy atom. The summed E-state index contributed by atoms with van der Waals surface area (Å²) in [5.74, 6) is -0.177. The van der Waals surface area contributed by atoms with Crippen LogP contribution < -0.4 is 4.74 Å². The highest BCUT2D eigenvalue weighted by Gasteiger charge is 2.20. The van der Waals surface area contributed by atoms with E-state index in [0.29, 0.717) is 11.3 Å². The van der Waals surface area contributed by atoms with E-state index >= 15 is 0 Å². The Morgan fingerprint density at radius 1 is 1.00 bits per heavy atom. The molecule has 0 amide bonds. The average Bonchev–Trinajstić information content (AvgIpc) is 2.97. The van der Waals surface area contributed by atoms with Crippen molar-refractivity contribution in [2.75, 3.05) is 7.11 Å². The minimum absolute atomic E-state index is 0.215. The van der Waals surface area contributed by atoms with Gasteiger partial charge in [-0.2, -0.15) is 5.10 Å². The first kappa shape index (κ1) is 18.2. The Bertz CT molecular complexity index is 1210. The molecule has 1 aromatic carbocycles. The van der Waals surface area contributed by atoms with Crippen LogP contribution in [0.5, 0.6) is 5.75 Å². The Balaban J connectivity index is 2.05. The summed E-state index contributed by atoms with van der Waals surface area (Å²) < 4.78 is 21.9. The van der Waals surface area contributed by atoms with Crippen molar-refractivity contribution < 1.29 is 9.13 Å². The molecule has 3 heterocycles. The van der Waals surface area contributed by atoms with Crippen molar-refractivity contribution in [3.63, 3.8) is 0 Å². The van der Waals surface area contributed by atoms with Gasteiger partial charge in [-0.3, -0.25) is 4.98 Å². The van der Waals surface area contributed by atoms with E-state index in [4.69, 9.17) is 9.84 Å². The van der Waals surface area contributed by atoms with Gasteiger partial charge < -0.3 is 4.74 Å². The quantitative estimate of drug-likeness (QED) is 0.478. The second kappa shape index (κ2) is 6.75. The number of fused-ring (bicyclic) bond motifs is 1. The molecular formula is C23H22FN3O. The molecule has 0 aliphatic rings. The minimum atomic E-state index is -0.392. The van der Waals surface area contributed by atoms with Crippen molar-refractivity contribution in [2.24, 2.45) is 0 Å². The van der Waals surface area contributed by atoms with E-state index in [1.807, 2.05) is 33.0 Å². The first-order chi connectivity index (χ1) is 13.4. The number of aryl methyl sites for hydroxylation is 4. The van der Waals surface area contributed by atoms with Gasteiger partial charge in [0.15, 0.2) is 11.6 Å². The van der Waals surface area contributed by atoms with Crippen LogP contribution >= 0.6 is 0 Å². The van der Waals surface area contributed by atoms with E-state index in [1.54, 1.807) is 22.7 Å². The third-order valence-corrected chi connectivity index (χ3v) is 4.96. The molecule has 0 bridgehead atoms. The van der Waals surface area contributed by atoms with Crippen LogP contribution in [0.25, 0.3) is 28.0 Å². The molecule has 0 radical (unpaired) electrons. The second-order valence-corrected chi connectivity index (χ2v) is 7.18. The van der Waals surface area contributed by atoms with Crippen LogP contribution in [-0.2, 0) is 0 Å². The summed E-state index contributed by atoms with van der Waals surface area (Å²) in [6.45, 7) is 8.05. The number of hydrogen-bond acceptors (Lipinski definition) is 3. The fourth-order valence-electron chi connectivity index (χ4n) is 3.72. The summed E-state index contributed by atoms with van der Waals surface area (Å²) in [6.07, 6.45) is 1.86. The Kier molecular flexibility index (Phi) is 4.38. The molecule has 0 spiro atoms. The summed E-state index contributed by atoms with van der Waals surface area (Å²) in [5, 5.41) is 4.74. The second-order valence-electron chi connectivity index (χ2n) is 7.18. The number of ether oxygens (including phenoxy) is 1. The number of methoxy groups -OCH3 is 1. The Labute approximate surface area is 163 Å². The maximum absolute atomic E-state index is 15.0. The van der Waals surface area contributed by atoms with E-state index in [2.05, 4.69) is 24.0 Å². The molecule has 4 nitrogen and oxygen atoms in total. The van der Waals surface area contributed by atoms with E-state index in [9.17, 15) is 4.39 Å². The van der Waals surface area contributed by atoms with E-state index in [1.165, 1.54) is 7.11 Å². The predicted molar refractivity (Wildman–Crippen MR) is 109 cm³/mol. The monoisotopic (exact) mass is 375 g/mol. The minimum Gasteiger partial charge on any atom is -0.494 e. The molecule has 3 aromatic heterocycles. The van der Waals surface area contributed by atoms with Crippen LogP contribution in [0.3, 0.4) is 0 Å². The third kappa shape index (κ3) is 2.83. The maximum Gasteiger partial charge on any atom is 0.174 e. The van der Waals surface area contributed by atoms with Crippen LogP contribution in [0.4, 0.5) is 4.39 Å². The van der Waals surface area contributed by atoms with Gasteiger partial charge in [0.25, 0.3) is 0 Å². The first-order valence-corrected chi connectivity index (χ1v) is 9.17. The fourth-order valence-corrected chi connectivity index (χ4v) is 3.72. The highest BCUT2D eigenvalue weighted by atomic mass is 19.1. The van der Waals surface area contributed by atoms with Crippen molar-refractivity contribution in [1.29, 1.82) is 0 Å². The maximum atomic E-state index is 15.0. The lowest BCUT2D eigenvalue weighted by Gasteiger charge is -2.11. The molecule has 0 saturated heterocycles. The van der Waals surface area contributed by atoms with Gasteiger partial charge in [-0.25, -0.2) is 8.91 Å².